The molecule has 0 radical (unpaired) electrons. The molecule has 0 saturated carbocycles. The molecular formula is C7H11N3O4S. The number of nitrogens with two attached hydrogens (primary N) is 1. The maximum absolute atomic E-state index is 11.2. The van der Waals surface area contributed by atoms with Gasteiger partial charge in [0, 0.05) is 18.8 Å². The van der Waals surface area contributed by atoms with Crippen molar-refractivity contribution < 1.29 is 17.9 Å². The van der Waals surface area contributed by atoms with Gasteiger partial charge in [-0.1, -0.05) is 0 Å². The second-order valence-corrected chi connectivity index (χ2v) is 4.59. The lowest BCUT2D eigenvalue weighted by Crippen LogP contribution is -2.16. The third-order valence-corrected chi connectivity index (χ3v) is 2.35. The first-order chi connectivity index (χ1) is 6.83. The summed E-state index contributed by atoms with van der Waals surface area (Å²) in [7, 11) is -0.928. The zero-order chi connectivity index (χ0) is 11.6. The average Bonchev–Trinajstić information content (AvgIpc) is 2.42. The number of ether oxygens (including phenoxy) is 1. The molecule has 0 unspecified atom stereocenters. The number of carbonyl (C=O) groups excluding carboxylic acids is 1. The number of rotatable bonds is 3. The number of primary sulfonamides is 1. The fraction of sp³-hybridized carbons (Fsp3) is 0.429. The van der Waals surface area contributed by atoms with Crippen molar-refractivity contribution >= 4 is 16.0 Å². The number of hydrogen-bond acceptors (Lipinski definition) is 5. The van der Waals surface area contributed by atoms with Crippen LogP contribution in [-0.4, -0.2) is 31.3 Å². The van der Waals surface area contributed by atoms with Crippen molar-refractivity contribution in [3.8, 4) is 0 Å². The van der Waals surface area contributed by atoms with Crippen LogP contribution in [0.2, 0.25) is 0 Å². The van der Waals surface area contributed by atoms with Crippen LogP contribution in [0.25, 0.3) is 0 Å². The van der Waals surface area contributed by atoms with Crippen molar-refractivity contribution in [2.45, 2.75) is 5.75 Å². The average molecular weight is 233 g/mol. The van der Waals surface area contributed by atoms with Crippen molar-refractivity contribution in [2.24, 2.45) is 12.2 Å². The van der Waals surface area contributed by atoms with E-state index >= 15 is 0 Å². The highest BCUT2D eigenvalue weighted by atomic mass is 32.2. The number of aryl methyl sites for hydroxylation is 1. The molecule has 0 fully saturated rings. The summed E-state index contributed by atoms with van der Waals surface area (Å²) in [5.74, 6) is -1.13. The highest BCUT2D eigenvalue weighted by molar-refractivity contribution is 7.88. The molecule has 1 heterocycles. The molecule has 1 aromatic rings. The quantitative estimate of drug-likeness (QED) is 0.674. The van der Waals surface area contributed by atoms with Gasteiger partial charge in [-0.2, -0.15) is 5.10 Å². The molecule has 0 bridgehead atoms. The number of methoxy groups -OCH3 is 1. The Morgan fingerprint density at radius 1 is 1.67 bits per heavy atom. The largest absolute Gasteiger partial charge is 0.464 e. The lowest BCUT2D eigenvalue weighted by Gasteiger charge is -1.98. The Balaban J connectivity index is 3.12. The maximum Gasteiger partial charge on any atom is 0.358 e. The number of hydrogen-bond donors (Lipinski definition) is 1. The van der Waals surface area contributed by atoms with Gasteiger partial charge < -0.3 is 4.74 Å². The Labute approximate surface area is 86.9 Å². The molecule has 84 valence electrons. The van der Waals surface area contributed by atoms with Crippen LogP contribution in [-0.2, 0) is 27.6 Å². The standard InChI is InChI=1S/C7H11N3O4S/c1-10-3-5(4-15(8,12)13)6(9-10)7(11)14-2/h3H,4H2,1-2H3,(H2,8,12,13). The van der Waals surface area contributed by atoms with Crippen LogP contribution < -0.4 is 5.14 Å². The molecule has 0 spiro atoms. The Kier molecular flexibility index (Phi) is 3.10. The van der Waals surface area contributed by atoms with E-state index in [1.54, 1.807) is 7.05 Å². The van der Waals surface area contributed by atoms with E-state index in [4.69, 9.17) is 5.14 Å². The van der Waals surface area contributed by atoms with Gasteiger partial charge in [-0.3, -0.25) is 4.68 Å². The van der Waals surface area contributed by atoms with Gasteiger partial charge in [0.2, 0.25) is 10.0 Å². The second kappa shape index (κ2) is 3.99. The summed E-state index contributed by atoms with van der Waals surface area (Å²) < 4.78 is 27.5. The molecule has 0 aliphatic carbocycles. The van der Waals surface area contributed by atoms with Crippen LogP contribution in [0.3, 0.4) is 0 Å². The lowest BCUT2D eigenvalue weighted by molar-refractivity contribution is 0.0592. The predicted octanol–water partition coefficient (Wildman–Crippen LogP) is -1.00. The summed E-state index contributed by atoms with van der Waals surface area (Å²) in [6.45, 7) is 0. The number of esters is 1. The minimum absolute atomic E-state index is 0.0333. The molecule has 1 rings (SSSR count). The predicted molar refractivity (Wildman–Crippen MR) is 51.4 cm³/mol. The molecular weight excluding hydrogens is 222 g/mol. The van der Waals surface area contributed by atoms with Gasteiger partial charge in [0.1, 0.15) is 0 Å². The molecule has 8 heteroatoms. The highest BCUT2D eigenvalue weighted by Crippen LogP contribution is 2.10. The Hall–Kier alpha value is -1.41. The molecule has 15 heavy (non-hydrogen) atoms. The molecule has 7 nitrogen and oxygen atoms in total. The monoisotopic (exact) mass is 233 g/mol. The van der Waals surface area contributed by atoms with Gasteiger partial charge in [-0.25, -0.2) is 18.4 Å². The number of carbonyl (C=O) groups is 1. The van der Waals surface area contributed by atoms with E-state index in [-0.39, 0.29) is 11.3 Å². The number of sulfonamides is 1. The summed E-state index contributed by atoms with van der Waals surface area (Å²) >= 11 is 0. The Morgan fingerprint density at radius 2 is 2.27 bits per heavy atom. The molecule has 0 aliphatic rings. The summed E-state index contributed by atoms with van der Waals surface area (Å²) in [6, 6.07) is 0. The molecule has 0 aromatic carbocycles. The Bertz CT molecular complexity index is 476. The number of aromatic nitrogens is 2. The molecule has 0 amide bonds. The topological polar surface area (TPSA) is 104 Å². The molecule has 2 N–H and O–H groups in total. The van der Waals surface area contributed by atoms with Crippen molar-refractivity contribution in [3.05, 3.63) is 17.5 Å². The minimum Gasteiger partial charge on any atom is -0.464 e. The molecule has 0 atom stereocenters. The highest BCUT2D eigenvalue weighted by Gasteiger charge is 2.19. The normalized spacial score (nSPS) is 11.4. The zero-order valence-electron chi connectivity index (χ0n) is 8.30. The van der Waals surface area contributed by atoms with E-state index in [9.17, 15) is 13.2 Å². The second-order valence-electron chi connectivity index (χ2n) is 2.98. The summed E-state index contributed by atoms with van der Waals surface area (Å²) in [4.78, 5) is 11.2. The van der Waals surface area contributed by atoms with Gasteiger partial charge >= 0.3 is 5.97 Å². The van der Waals surface area contributed by atoms with Gasteiger partial charge in [0.05, 0.1) is 12.9 Å². The van der Waals surface area contributed by atoms with Crippen molar-refractivity contribution in [3.63, 3.8) is 0 Å². The van der Waals surface area contributed by atoms with Crippen LogP contribution in [0.15, 0.2) is 6.20 Å². The molecule has 0 aliphatic heterocycles. The Morgan fingerprint density at radius 3 is 2.73 bits per heavy atom. The van der Waals surface area contributed by atoms with Crippen molar-refractivity contribution in [2.75, 3.05) is 7.11 Å². The summed E-state index contributed by atoms with van der Waals surface area (Å²) in [5.41, 5.74) is 0.195. The van der Waals surface area contributed by atoms with E-state index in [2.05, 4.69) is 9.84 Å². The van der Waals surface area contributed by atoms with E-state index < -0.39 is 21.7 Å². The van der Waals surface area contributed by atoms with Gasteiger partial charge in [0.15, 0.2) is 5.69 Å². The third-order valence-electron chi connectivity index (χ3n) is 1.64. The van der Waals surface area contributed by atoms with Gasteiger partial charge in [-0.05, 0) is 0 Å². The zero-order valence-corrected chi connectivity index (χ0v) is 9.11. The molecule has 1 aromatic heterocycles. The van der Waals surface area contributed by atoms with Crippen LogP contribution in [0.5, 0.6) is 0 Å². The van der Waals surface area contributed by atoms with Gasteiger partial charge in [0.25, 0.3) is 0 Å². The van der Waals surface area contributed by atoms with Crippen molar-refractivity contribution in [1.82, 2.24) is 9.78 Å². The van der Waals surface area contributed by atoms with Gasteiger partial charge in [-0.15, -0.1) is 0 Å². The summed E-state index contributed by atoms with van der Waals surface area (Å²) in [6.07, 6.45) is 1.41. The van der Waals surface area contributed by atoms with Crippen LogP contribution >= 0.6 is 0 Å². The van der Waals surface area contributed by atoms with E-state index in [1.807, 2.05) is 0 Å². The maximum atomic E-state index is 11.2. The van der Waals surface area contributed by atoms with E-state index in [0.717, 1.165) is 0 Å². The van der Waals surface area contributed by atoms with E-state index in [0.29, 0.717) is 0 Å². The SMILES string of the molecule is COC(=O)c1nn(C)cc1CS(N)(=O)=O. The smallest absolute Gasteiger partial charge is 0.358 e. The first-order valence-corrected chi connectivity index (χ1v) is 5.66. The minimum atomic E-state index is -3.69. The fourth-order valence-electron chi connectivity index (χ4n) is 1.13. The van der Waals surface area contributed by atoms with E-state index in [1.165, 1.54) is 18.0 Å². The van der Waals surface area contributed by atoms with Crippen LogP contribution in [0.4, 0.5) is 0 Å². The first-order valence-electron chi connectivity index (χ1n) is 3.95. The fourth-order valence-corrected chi connectivity index (χ4v) is 1.77. The van der Waals surface area contributed by atoms with Crippen LogP contribution in [0, 0.1) is 0 Å². The van der Waals surface area contributed by atoms with Crippen molar-refractivity contribution in [1.29, 1.82) is 0 Å². The summed E-state index contributed by atoms with van der Waals surface area (Å²) in [5, 5.41) is 8.66. The molecule has 0 saturated heterocycles. The lowest BCUT2D eigenvalue weighted by atomic mass is 10.3. The third kappa shape index (κ3) is 3.03. The first kappa shape index (κ1) is 11.7. The van der Waals surface area contributed by atoms with Crippen LogP contribution in [0.1, 0.15) is 16.1 Å². The number of nitrogens with zero attached hydrogens (tertiary/aromatic N) is 2.